The number of rotatable bonds is 3. The van der Waals surface area contributed by atoms with E-state index in [9.17, 15) is 14.4 Å². The number of carbonyl (C=O) groups excluding carboxylic acids is 3. The lowest BCUT2D eigenvalue weighted by atomic mass is 9.64. The molecule has 1 fully saturated rings. The van der Waals surface area contributed by atoms with Crippen molar-refractivity contribution in [2.75, 3.05) is 12.0 Å². The lowest BCUT2D eigenvalue weighted by molar-refractivity contribution is -0.142. The summed E-state index contributed by atoms with van der Waals surface area (Å²) in [5, 5.41) is 0. The van der Waals surface area contributed by atoms with Crippen molar-refractivity contribution in [3.63, 3.8) is 0 Å². The number of methoxy groups -OCH3 is 1. The summed E-state index contributed by atoms with van der Waals surface area (Å²) >= 11 is 3.43. The van der Waals surface area contributed by atoms with E-state index in [2.05, 4.69) is 15.9 Å². The van der Waals surface area contributed by atoms with E-state index >= 15 is 0 Å². The molecular weight excluding hydrogens is 522 g/mol. The Morgan fingerprint density at radius 1 is 0.917 bits per heavy atom. The minimum Gasteiger partial charge on any atom is -0.497 e. The molecule has 0 radical (unpaired) electrons. The van der Waals surface area contributed by atoms with Gasteiger partial charge in [0.25, 0.3) is 0 Å². The molecule has 0 N–H and O–H groups in total. The second-order valence-corrected chi connectivity index (χ2v) is 10.3. The molecule has 3 aromatic carbocycles. The van der Waals surface area contributed by atoms with E-state index in [1.165, 1.54) is 4.90 Å². The molecule has 2 amide bonds. The smallest absolute Gasteiger partial charge is 0.319 e. The zero-order valence-corrected chi connectivity index (χ0v) is 21.2. The van der Waals surface area contributed by atoms with E-state index in [1.807, 2.05) is 61.5 Å². The summed E-state index contributed by atoms with van der Waals surface area (Å²) in [5.74, 6) is -2.89. The molecule has 0 spiro atoms. The third kappa shape index (κ3) is 3.41. The van der Waals surface area contributed by atoms with E-state index in [4.69, 9.17) is 9.47 Å². The highest BCUT2D eigenvalue weighted by Crippen LogP contribution is 2.54. The van der Waals surface area contributed by atoms with Gasteiger partial charge in [-0.1, -0.05) is 52.3 Å². The Morgan fingerprint density at radius 2 is 1.67 bits per heavy atom. The van der Waals surface area contributed by atoms with Crippen LogP contribution in [0, 0.1) is 24.7 Å². The van der Waals surface area contributed by atoms with Crippen LogP contribution in [0.2, 0.25) is 0 Å². The number of benzene rings is 3. The zero-order chi connectivity index (χ0) is 25.1. The number of allylic oxidation sites excluding steroid dienone is 1. The molecule has 6 rings (SSSR count). The molecule has 4 atom stereocenters. The number of anilines is 1. The van der Waals surface area contributed by atoms with Gasteiger partial charge in [-0.3, -0.25) is 14.4 Å². The maximum absolute atomic E-state index is 13.9. The van der Waals surface area contributed by atoms with Crippen LogP contribution >= 0.6 is 15.9 Å². The summed E-state index contributed by atoms with van der Waals surface area (Å²) in [6, 6.07) is 20.3. The van der Waals surface area contributed by atoms with Gasteiger partial charge in [0.05, 0.1) is 30.6 Å². The Morgan fingerprint density at radius 3 is 2.39 bits per heavy atom. The molecule has 7 heteroatoms. The van der Waals surface area contributed by atoms with Crippen molar-refractivity contribution in [1.29, 1.82) is 0 Å². The molecule has 2 heterocycles. The summed E-state index contributed by atoms with van der Waals surface area (Å²) in [7, 11) is 1.60. The van der Waals surface area contributed by atoms with E-state index in [0.717, 1.165) is 26.7 Å². The number of halogens is 1. The van der Waals surface area contributed by atoms with E-state index in [0.29, 0.717) is 17.2 Å². The zero-order valence-electron chi connectivity index (χ0n) is 19.6. The summed E-state index contributed by atoms with van der Waals surface area (Å²) in [5.41, 5.74) is 3.84. The highest BCUT2D eigenvalue weighted by molar-refractivity contribution is 9.10. The summed E-state index contributed by atoms with van der Waals surface area (Å²) in [6.45, 7) is 1.93. The fraction of sp³-hybridized carbons (Fsp3) is 0.207. The monoisotopic (exact) mass is 543 g/mol. The fourth-order valence-electron chi connectivity index (χ4n) is 5.69. The van der Waals surface area contributed by atoms with Crippen molar-refractivity contribution in [2.45, 2.75) is 12.8 Å². The molecule has 1 saturated heterocycles. The first-order chi connectivity index (χ1) is 17.4. The molecule has 2 aliphatic heterocycles. The Bertz CT molecular complexity index is 1460. The minimum absolute atomic E-state index is 0.318. The topological polar surface area (TPSA) is 72.9 Å². The minimum atomic E-state index is -0.870. The number of esters is 1. The number of fused-ring (bicyclic) bond motifs is 5. The van der Waals surface area contributed by atoms with E-state index in [1.54, 1.807) is 25.3 Å². The van der Waals surface area contributed by atoms with E-state index < -0.39 is 29.6 Å². The molecule has 0 aromatic heterocycles. The first kappa shape index (κ1) is 22.7. The number of carbonyl (C=O) groups is 3. The van der Waals surface area contributed by atoms with Crippen LogP contribution in [-0.4, -0.2) is 24.9 Å². The first-order valence-electron chi connectivity index (χ1n) is 11.7. The number of imide groups is 1. The molecule has 3 aliphatic rings. The van der Waals surface area contributed by atoms with Crippen LogP contribution in [0.1, 0.15) is 22.6 Å². The largest absolute Gasteiger partial charge is 0.497 e. The van der Waals surface area contributed by atoms with Crippen LogP contribution in [0.5, 0.6) is 11.5 Å². The van der Waals surface area contributed by atoms with Gasteiger partial charge in [0.15, 0.2) is 0 Å². The van der Waals surface area contributed by atoms with Crippen LogP contribution in [0.4, 0.5) is 5.69 Å². The molecule has 0 bridgehead atoms. The molecule has 180 valence electrons. The number of amides is 2. The Balaban J connectivity index is 1.54. The molecule has 0 saturated carbocycles. The molecule has 3 aromatic rings. The molecular formula is C29H22BrNO5. The fourth-order valence-corrected chi connectivity index (χ4v) is 6.08. The van der Waals surface area contributed by atoms with Crippen LogP contribution in [0.3, 0.4) is 0 Å². The molecule has 36 heavy (non-hydrogen) atoms. The Labute approximate surface area is 216 Å². The Kier molecular flexibility index (Phi) is 5.34. The van der Waals surface area contributed by atoms with Gasteiger partial charge < -0.3 is 9.47 Å². The van der Waals surface area contributed by atoms with Gasteiger partial charge in [0.2, 0.25) is 11.8 Å². The average molecular weight is 544 g/mol. The number of hydrogen-bond donors (Lipinski definition) is 0. The van der Waals surface area contributed by atoms with Crippen LogP contribution < -0.4 is 14.4 Å². The summed E-state index contributed by atoms with van der Waals surface area (Å²) < 4.78 is 11.8. The third-order valence-corrected chi connectivity index (χ3v) is 7.81. The second-order valence-electron chi connectivity index (χ2n) is 9.36. The van der Waals surface area contributed by atoms with Gasteiger partial charge in [-0.2, -0.15) is 0 Å². The number of aryl methyl sites for hydroxylation is 1. The highest BCUT2D eigenvalue weighted by Gasteiger charge is 2.60. The normalized spacial score (nSPS) is 24.5. The molecule has 1 aliphatic carbocycles. The van der Waals surface area contributed by atoms with Crippen molar-refractivity contribution in [2.24, 2.45) is 17.8 Å². The second kappa shape index (κ2) is 8.45. The lowest BCUT2D eigenvalue weighted by Gasteiger charge is -2.38. The standard InChI is InChI=1S/C29H22BrNO5/c1-15-6-11-20-22-14-21(16-7-9-19(35-2)10-8-16)24-26(25(22)29(34)36-23(20)12-15)28(33)31(27(24)32)18-5-3-4-17(30)13-18/h3-14,21,24-26H,1-2H3/t21-,24+,25-,26-/m0/s1. The van der Waals surface area contributed by atoms with Crippen molar-refractivity contribution in [3.05, 3.63) is 94.0 Å². The number of ether oxygens (including phenoxy) is 2. The molecule has 0 unspecified atom stereocenters. The van der Waals surface area contributed by atoms with Crippen molar-refractivity contribution < 1.29 is 23.9 Å². The van der Waals surface area contributed by atoms with Crippen LogP contribution in [-0.2, 0) is 14.4 Å². The SMILES string of the molecule is COc1ccc([C@@H]2C=C3c4ccc(C)cc4OC(=O)[C@@H]3[C@H]3C(=O)N(c4cccc(Br)c4)C(=O)[C@@H]32)cc1. The average Bonchev–Trinajstić information content (AvgIpc) is 3.13. The highest BCUT2D eigenvalue weighted by atomic mass is 79.9. The van der Waals surface area contributed by atoms with Gasteiger partial charge >= 0.3 is 5.97 Å². The van der Waals surface area contributed by atoms with Crippen molar-refractivity contribution >= 4 is 45.0 Å². The predicted molar refractivity (Wildman–Crippen MR) is 138 cm³/mol. The lowest BCUT2D eigenvalue weighted by Crippen LogP contribution is -2.42. The van der Waals surface area contributed by atoms with Gasteiger partial charge in [-0.05, 0) is 60.0 Å². The van der Waals surface area contributed by atoms with Gasteiger partial charge in [0, 0.05) is 16.0 Å². The summed E-state index contributed by atoms with van der Waals surface area (Å²) in [6.07, 6.45) is 1.98. The van der Waals surface area contributed by atoms with Crippen molar-refractivity contribution in [1.82, 2.24) is 0 Å². The van der Waals surface area contributed by atoms with Gasteiger partial charge in [0.1, 0.15) is 11.5 Å². The van der Waals surface area contributed by atoms with Crippen LogP contribution in [0.15, 0.2) is 77.3 Å². The van der Waals surface area contributed by atoms with Crippen LogP contribution in [0.25, 0.3) is 5.57 Å². The number of hydrogen-bond acceptors (Lipinski definition) is 5. The van der Waals surface area contributed by atoms with Crippen molar-refractivity contribution in [3.8, 4) is 11.5 Å². The maximum atomic E-state index is 13.9. The third-order valence-electron chi connectivity index (χ3n) is 7.32. The number of nitrogens with zero attached hydrogens (tertiary/aromatic N) is 1. The predicted octanol–water partition coefficient (Wildman–Crippen LogP) is 5.29. The Hall–Kier alpha value is -3.71. The molecule has 6 nitrogen and oxygen atoms in total. The maximum Gasteiger partial charge on any atom is 0.319 e. The quantitative estimate of drug-likeness (QED) is 0.255. The summed E-state index contributed by atoms with van der Waals surface area (Å²) in [4.78, 5) is 42.4. The van der Waals surface area contributed by atoms with Gasteiger partial charge in [-0.15, -0.1) is 0 Å². The first-order valence-corrected chi connectivity index (χ1v) is 12.5. The van der Waals surface area contributed by atoms with E-state index in [-0.39, 0.29) is 11.8 Å². The van der Waals surface area contributed by atoms with Gasteiger partial charge in [-0.25, -0.2) is 4.90 Å².